The number of aromatic nitrogens is 1. The average molecular weight is 496 g/mol. The van der Waals surface area contributed by atoms with Gasteiger partial charge >= 0.3 is 0 Å². The summed E-state index contributed by atoms with van der Waals surface area (Å²) in [6.07, 6.45) is 5.00. The van der Waals surface area contributed by atoms with Crippen LogP contribution >= 0.6 is 11.3 Å². The van der Waals surface area contributed by atoms with Crippen molar-refractivity contribution in [2.75, 3.05) is 31.1 Å². The Kier molecular flexibility index (Phi) is 6.85. The summed E-state index contributed by atoms with van der Waals surface area (Å²) >= 11 is 1.39. The van der Waals surface area contributed by atoms with Crippen molar-refractivity contribution in [2.24, 2.45) is 7.05 Å². The highest BCUT2D eigenvalue weighted by molar-refractivity contribution is 7.91. The molecule has 2 aromatic heterocycles. The lowest BCUT2D eigenvalue weighted by Gasteiger charge is -2.36. The average Bonchev–Trinajstić information content (AvgIpc) is 3.40. The fourth-order valence-corrected chi connectivity index (χ4v) is 6.19. The SMILES string of the molecule is C=C/C=C\c1cc(N2CCN(C(=O)c3cccs3)CC2)c(S(=O)(=O)c2ccccc2)c(=O)n1C. The number of rotatable bonds is 6. The lowest BCUT2D eigenvalue weighted by Crippen LogP contribution is -2.49. The maximum absolute atomic E-state index is 13.6. The molecular weight excluding hydrogens is 470 g/mol. The van der Waals surface area contributed by atoms with Crippen LogP contribution in [0.15, 0.2) is 87.2 Å². The Labute approximate surface area is 202 Å². The molecule has 1 aliphatic heterocycles. The molecule has 0 aliphatic carbocycles. The van der Waals surface area contributed by atoms with Gasteiger partial charge in [-0.1, -0.05) is 43.0 Å². The van der Waals surface area contributed by atoms with E-state index >= 15 is 0 Å². The van der Waals surface area contributed by atoms with Gasteiger partial charge in [-0.15, -0.1) is 11.3 Å². The van der Waals surface area contributed by atoms with E-state index in [0.29, 0.717) is 42.4 Å². The van der Waals surface area contributed by atoms with E-state index in [9.17, 15) is 18.0 Å². The van der Waals surface area contributed by atoms with Crippen LogP contribution in [0.1, 0.15) is 15.4 Å². The largest absolute Gasteiger partial charge is 0.367 e. The molecule has 1 aromatic carbocycles. The van der Waals surface area contributed by atoms with Crippen LogP contribution in [-0.4, -0.2) is 50.0 Å². The molecule has 1 saturated heterocycles. The van der Waals surface area contributed by atoms with Gasteiger partial charge in [-0.05, 0) is 35.7 Å². The lowest BCUT2D eigenvalue weighted by atomic mass is 10.2. The van der Waals surface area contributed by atoms with Crippen molar-refractivity contribution in [2.45, 2.75) is 9.79 Å². The molecule has 0 unspecified atom stereocenters. The molecule has 176 valence electrons. The van der Waals surface area contributed by atoms with Crippen LogP contribution in [0.4, 0.5) is 5.69 Å². The zero-order valence-electron chi connectivity index (χ0n) is 18.8. The van der Waals surface area contributed by atoms with E-state index in [1.165, 1.54) is 28.0 Å². The summed E-state index contributed by atoms with van der Waals surface area (Å²) in [4.78, 5) is 30.2. The molecule has 0 bridgehead atoms. The molecule has 3 heterocycles. The number of anilines is 1. The standard InChI is InChI=1S/C25H25N3O4S2/c1-3-4-9-19-18-21(27-13-15-28(16-14-27)24(29)22-12-8-17-33-22)23(25(30)26(19)2)34(31,32)20-10-6-5-7-11-20/h3-12,17-18H,1,13-16H2,2H3/b9-4-. The number of hydrogen-bond donors (Lipinski definition) is 0. The third-order valence-electron chi connectivity index (χ3n) is 5.77. The first-order valence-corrected chi connectivity index (χ1v) is 13.1. The zero-order chi connectivity index (χ0) is 24.3. The Morgan fingerprint density at radius 2 is 1.76 bits per heavy atom. The number of hydrogen-bond acceptors (Lipinski definition) is 6. The number of sulfone groups is 1. The van der Waals surface area contributed by atoms with Gasteiger partial charge in [0.1, 0.15) is 0 Å². The molecular formula is C25H25N3O4S2. The minimum atomic E-state index is -4.07. The summed E-state index contributed by atoms with van der Waals surface area (Å²) in [5, 5.41) is 1.86. The number of allylic oxidation sites excluding steroid dienone is 2. The van der Waals surface area contributed by atoms with Crippen molar-refractivity contribution in [1.82, 2.24) is 9.47 Å². The topological polar surface area (TPSA) is 79.7 Å². The van der Waals surface area contributed by atoms with Crippen molar-refractivity contribution in [3.8, 4) is 0 Å². The minimum absolute atomic E-state index is 0.0367. The number of carbonyl (C=O) groups is 1. The van der Waals surface area contributed by atoms with Crippen LogP contribution in [0.3, 0.4) is 0 Å². The normalized spacial score (nSPS) is 14.5. The van der Waals surface area contributed by atoms with Gasteiger partial charge in [0, 0.05) is 38.9 Å². The van der Waals surface area contributed by atoms with Crippen LogP contribution in [0.5, 0.6) is 0 Å². The third kappa shape index (κ3) is 4.49. The summed E-state index contributed by atoms with van der Waals surface area (Å²) in [6.45, 7) is 5.33. The van der Waals surface area contributed by atoms with Crippen LogP contribution < -0.4 is 10.5 Å². The number of amides is 1. The Hall–Kier alpha value is -3.43. The summed E-state index contributed by atoms with van der Waals surface area (Å²) < 4.78 is 28.5. The number of nitrogens with zero attached hydrogens (tertiary/aromatic N) is 3. The predicted molar refractivity (Wildman–Crippen MR) is 135 cm³/mol. The quantitative estimate of drug-likeness (QED) is 0.490. The van der Waals surface area contributed by atoms with Crippen LogP contribution in [0.2, 0.25) is 0 Å². The van der Waals surface area contributed by atoms with Crippen LogP contribution in [0, 0.1) is 0 Å². The Balaban J connectivity index is 1.76. The maximum Gasteiger partial charge on any atom is 0.272 e. The van der Waals surface area contributed by atoms with Gasteiger partial charge in [-0.25, -0.2) is 8.42 Å². The maximum atomic E-state index is 13.6. The molecule has 0 atom stereocenters. The van der Waals surface area contributed by atoms with Gasteiger partial charge in [0.25, 0.3) is 11.5 Å². The first kappa shape index (κ1) is 23.7. The minimum Gasteiger partial charge on any atom is -0.367 e. The first-order chi connectivity index (χ1) is 16.3. The van der Waals surface area contributed by atoms with Crippen molar-refractivity contribution >= 4 is 38.8 Å². The molecule has 9 heteroatoms. The fourth-order valence-electron chi connectivity index (χ4n) is 3.92. The Bertz CT molecular complexity index is 1380. The molecule has 4 rings (SSSR count). The highest BCUT2D eigenvalue weighted by atomic mass is 32.2. The van der Waals surface area contributed by atoms with Crippen molar-refractivity contribution < 1.29 is 13.2 Å². The second-order valence-electron chi connectivity index (χ2n) is 7.82. The van der Waals surface area contributed by atoms with E-state index in [2.05, 4.69) is 6.58 Å². The van der Waals surface area contributed by atoms with E-state index in [-0.39, 0.29) is 15.7 Å². The monoisotopic (exact) mass is 495 g/mol. The lowest BCUT2D eigenvalue weighted by molar-refractivity contribution is 0.0751. The summed E-state index contributed by atoms with van der Waals surface area (Å²) in [7, 11) is -2.52. The van der Waals surface area contributed by atoms with Gasteiger partial charge in [-0.3, -0.25) is 9.59 Å². The number of piperazine rings is 1. The summed E-state index contributed by atoms with van der Waals surface area (Å²) in [6, 6.07) is 13.3. The number of pyridine rings is 1. The Morgan fingerprint density at radius 1 is 1.06 bits per heavy atom. The van der Waals surface area contributed by atoms with Crippen LogP contribution in [-0.2, 0) is 16.9 Å². The molecule has 7 nitrogen and oxygen atoms in total. The molecule has 0 radical (unpaired) electrons. The van der Waals surface area contributed by atoms with E-state index in [1.807, 2.05) is 16.3 Å². The van der Waals surface area contributed by atoms with E-state index < -0.39 is 15.4 Å². The first-order valence-electron chi connectivity index (χ1n) is 10.8. The fraction of sp³-hybridized carbons (Fsp3) is 0.200. The van der Waals surface area contributed by atoms with Gasteiger partial charge in [0.15, 0.2) is 4.90 Å². The van der Waals surface area contributed by atoms with E-state index in [1.54, 1.807) is 60.5 Å². The molecule has 1 fully saturated rings. The number of carbonyl (C=O) groups excluding carboxylic acids is 1. The number of thiophene rings is 1. The number of benzene rings is 1. The van der Waals surface area contributed by atoms with Crippen LogP contribution in [0.25, 0.3) is 6.08 Å². The molecule has 1 amide bonds. The third-order valence-corrected chi connectivity index (χ3v) is 8.44. The highest BCUT2D eigenvalue weighted by Gasteiger charge is 2.31. The summed E-state index contributed by atoms with van der Waals surface area (Å²) in [5.74, 6) is -0.0367. The molecule has 3 aromatic rings. The smallest absolute Gasteiger partial charge is 0.272 e. The predicted octanol–water partition coefficient (Wildman–Crippen LogP) is 3.44. The van der Waals surface area contributed by atoms with E-state index in [0.717, 1.165) is 0 Å². The highest BCUT2D eigenvalue weighted by Crippen LogP contribution is 2.30. The zero-order valence-corrected chi connectivity index (χ0v) is 20.4. The molecule has 0 N–H and O–H groups in total. The second-order valence-corrected chi connectivity index (χ2v) is 10.6. The Morgan fingerprint density at radius 3 is 2.38 bits per heavy atom. The van der Waals surface area contributed by atoms with Crippen molar-refractivity contribution in [3.05, 3.63) is 93.6 Å². The van der Waals surface area contributed by atoms with E-state index in [4.69, 9.17) is 0 Å². The van der Waals surface area contributed by atoms with Crippen molar-refractivity contribution in [1.29, 1.82) is 0 Å². The van der Waals surface area contributed by atoms with Gasteiger partial charge in [-0.2, -0.15) is 0 Å². The molecule has 0 spiro atoms. The van der Waals surface area contributed by atoms with Crippen molar-refractivity contribution in [3.63, 3.8) is 0 Å². The van der Waals surface area contributed by atoms with Gasteiger partial charge in [0.05, 0.1) is 15.5 Å². The molecule has 0 saturated carbocycles. The molecule has 1 aliphatic rings. The van der Waals surface area contributed by atoms with Gasteiger partial charge < -0.3 is 14.4 Å². The molecule has 34 heavy (non-hydrogen) atoms. The summed E-state index contributed by atoms with van der Waals surface area (Å²) in [5.41, 5.74) is 0.310. The van der Waals surface area contributed by atoms with Gasteiger partial charge in [0.2, 0.25) is 9.84 Å². The second kappa shape index (κ2) is 9.82.